The monoisotopic (exact) mass is 984 g/mol. The van der Waals surface area contributed by atoms with E-state index in [1.54, 1.807) is 0 Å². The first kappa shape index (κ1) is 50.1. The molecular weight excluding hydrogens is 962 g/mol. The third kappa shape index (κ3) is 7.87. The molecule has 0 atom stereocenters. The molecule has 0 aliphatic rings. The van der Waals surface area contributed by atoms with Crippen LogP contribution in [0, 0.1) is 137 Å². The van der Waals surface area contributed by atoms with Gasteiger partial charge >= 0.3 is 0 Å². The molecule has 0 aromatic heterocycles. The van der Waals surface area contributed by atoms with Crippen molar-refractivity contribution in [2.24, 2.45) is 0 Å². The van der Waals surface area contributed by atoms with Gasteiger partial charge in [0.25, 0.3) is 0 Å². The molecule has 0 heterocycles. The highest BCUT2D eigenvalue weighted by atomic mass is 31.1. The SMILES string of the molecule is Cc1ccccc1[PH+](c1ccccc1C)c1ccccc1C.Fc1c(F)c(F)c([B-](c2c(F)c(F)c(F)c(F)c2F)(c2c(F)c(F)c(F)c(F)c2F)c2c(F)c(F)c(F)c(F)c2F)c(F)c1F. The summed E-state index contributed by atoms with van der Waals surface area (Å²) >= 11 is 0. The van der Waals surface area contributed by atoms with Crippen molar-refractivity contribution in [2.45, 2.75) is 20.8 Å². The average Bonchev–Trinajstić information content (AvgIpc) is 3.31. The summed E-state index contributed by atoms with van der Waals surface area (Å²) in [6.07, 6.45) is -7.22. The molecule has 0 nitrogen and oxygen atoms in total. The van der Waals surface area contributed by atoms with Gasteiger partial charge in [0.05, 0.1) is 7.92 Å². The Balaban J connectivity index is 0.000000279. The minimum Gasteiger partial charge on any atom is -0.207 e. The second-order valence-electron chi connectivity index (χ2n) is 14.6. The van der Waals surface area contributed by atoms with E-state index in [0.717, 1.165) is 0 Å². The summed E-state index contributed by atoms with van der Waals surface area (Å²) in [6.45, 7) is 6.70. The zero-order valence-electron chi connectivity index (χ0n) is 33.6. The van der Waals surface area contributed by atoms with Crippen LogP contribution in [0.2, 0.25) is 0 Å². The van der Waals surface area contributed by atoms with Gasteiger partial charge in [0.15, 0.2) is 69.8 Å². The maximum Gasteiger partial charge on any atom is 0.200 e. The van der Waals surface area contributed by atoms with Crippen LogP contribution in [-0.4, -0.2) is 6.15 Å². The van der Waals surface area contributed by atoms with E-state index in [0.29, 0.717) is 0 Å². The van der Waals surface area contributed by atoms with Crippen LogP contribution < -0.4 is 37.8 Å². The summed E-state index contributed by atoms with van der Waals surface area (Å²) < 4.78 is 294. The highest BCUT2D eigenvalue weighted by molar-refractivity contribution is 7.80. The van der Waals surface area contributed by atoms with E-state index in [4.69, 9.17) is 0 Å². The third-order valence-corrected chi connectivity index (χ3v) is 14.2. The molecule has 67 heavy (non-hydrogen) atoms. The number of rotatable bonds is 7. The molecule has 7 rings (SSSR count). The van der Waals surface area contributed by atoms with E-state index in [2.05, 4.69) is 93.6 Å². The summed E-state index contributed by atoms with van der Waals surface area (Å²) in [5.41, 5.74) is -10.2. The van der Waals surface area contributed by atoms with Gasteiger partial charge in [0.2, 0.25) is 0 Å². The Morgan fingerprint density at radius 1 is 0.239 bits per heavy atom. The minimum absolute atomic E-state index is 0.968. The fraction of sp³-hybridized carbons (Fsp3) is 0.0667. The quantitative estimate of drug-likeness (QED) is 0.0491. The second-order valence-corrected chi connectivity index (χ2v) is 17.0. The predicted octanol–water partition coefficient (Wildman–Crippen LogP) is 9.95. The van der Waals surface area contributed by atoms with E-state index < -0.39 is 152 Å². The van der Waals surface area contributed by atoms with Crippen molar-refractivity contribution in [3.63, 3.8) is 0 Å². The lowest BCUT2D eigenvalue weighted by Crippen LogP contribution is -2.81. The predicted molar refractivity (Wildman–Crippen MR) is 210 cm³/mol. The first-order valence-corrected chi connectivity index (χ1v) is 20.2. The van der Waals surface area contributed by atoms with Crippen molar-refractivity contribution in [1.29, 1.82) is 0 Å². The Kier molecular flexibility index (Phi) is 14.0. The van der Waals surface area contributed by atoms with Crippen molar-refractivity contribution >= 4 is 51.8 Å². The highest BCUT2D eigenvalue weighted by Crippen LogP contribution is 2.37. The summed E-state index contributed by atoms with van der Waals surface area (Å²) in [5, 5.41) is 4.49. The molecule has 0 unspecified atom stereocenters. The molecule has 0 aliphatic carbocycles. The van der Waals surface area contributed by atoms with Crippen LogP contribution in [-0.2, 0) is 0 Å². The molecule has 7 aromatic carbocycles. The summed E-state index contributed by atoms with van der Waals surface area (Å²) in [4.78, 5) is 0. The van der Waals surface area contributed by atoms with Crippen LogP contribution in [0.1, 0.15) is 16.7 Å². The number of benzene rings is 7. The zero-order chi connectivity index (χ0) is 49.9. The number of hydrogen-bond acceptors (Lipinski definition) is 0. The van der Waals surface area contributed by atoms with Crippen LogP contribution in [0.4, 0.5) is 87.8 Å². The molecule has 0 amide bonds. The topological polar surface area (TPSA) is 0 Å². The number of halogens is 20. The van der Waals surface area contributed by atoms with Gasteiger partial charge in [-0.2, -0.15) is 0 Å². The van der Waals surface area contributed by atoms with Crippen LogP contribution in [0.15, 0.2) is 72.8 Å². The largest absolute Gasteiger partial charge is 0.207 e. The second kappa shape index (κ2) is 18.7. The van der Waals surface area contributed by atoms with Gasteiger partial charge in [0.1, 0.15) is 68.6 Å². The Bertz CT molecular complexity index is 2650. The van der Waals surface area contributed by atoms with Gasteiger partial charge in [-0.3, -0.25) is 0 Å². The van der Waals surface area contributed by atoms with E-state index in [1.165, 1.54) is 32.6 Å². The molecule has 0 spiro atoms. The molecule has 0 saturated heterocycles. The first-order valence-electron chi connectivity index (χ1n) is 18.7. The first-order chi connectivity index (χ1) is 31.4. The van der Waals surface area contributed by atoms with Gasteiger partial charge in [-0.1, -0.05) is 54.6 Å². The smallest absolute Gasteiger partial charge is 0.200 e. The normalized spacial score (nSPS) is 11.6. The third-order valence-electron chi connectivity index (χ3n) is 11.0. The molecule has 0 fully saturated rings. The Morgan fingerprint density at radius 2 is 0.388 bits per heavy atom. The summed E-state index contributed by atoms with van der Waals surface area (Å²) in [5.74, 6) is -71.4. The molecule has 350 valence electrons. The fourth-order valence-electron chi connectivity index (χ4n) is 7.87. The Labute approximate surface area is 365 Å². The lowest BCUT2D eigenvalue weighted by atomic mass is 9.12. The maximum atomic E-state index is 15.4. The summed E-state index contributed by atoms with van der Waals surface area (Å²) in [7, 11) is -0.968. The van der Waals surface area contributed by atoms with Gasteiger partial charge < -0.3 is 0 Å². The highest BCUT2D eigenvalue weighted by Gasteiger charge is 2.52. The fourth-order valence-corrected chi connectivity index (χ4v) is 11.0. The molecule has 7 aromatic rings. The van der Waals surface area contributed by atoms with E-state index >= 15 is 35.1 Å². The van der Waals surface area contributed by atoms with Gasteiger partial charge in [-0.05, 0) is 55.7 Å². The molecule has 0 N–H and O–H groups in total. The van der Waals surface area contributed by atoms with E-state index in [9.17, 15) is 52.7 Å². The number of aryl methyl sites for hydroxylation is 3. The molecule has 0 aliphatic heterocycles. The van der Waals surface area contributed by atoms with Crippen LogP contribution in [0.5, 0.6) is 0 Å². The maximum absolute atomic E-state index is 15.4. The van der Waals surface area contributed by atoms with Crippen LogP contribution in [0.25, 0.3) is 0 Å². The zero-order valence-corrected chi connectivity index (χ0v) is 34.6. The van der Waals surface area contributed by atoms with Crippen molar-refractivity contribution in [1.82, 2.24) is 0 Å². The Hall–Kier alpha value is -6.37. The minimum atomic E-state index is -7.22. The molecule has 22 heteroatoms. The molecule has 0 radical (unpaired) electrons. The van der Waals surface area contributed by atoms with Crippen LogP contribution in [0.3, 0.4) is 0 Å². The van der Waals surface area contributed by atoms with Gasteiger partial charge in [-0.25, -0.2) is 87.8 Å². The lowest BCUT2D eigenvalue weighted by Gasteiger charge is -2.44. The average molecular weight is 984 g/mol. The van der Waals surface area contributed by atoms with E-state index in [-0.39, 0.29) is 0 Å². The molecular formula is C45H22BF20P. The van der Waals surface area contributed by atoms with Crippen molar-refractivity contribution in [3.05, 3.63) is 206 Å². The lowest BCUT2D eigenvalue weighted by molar-refractivity contribution is 0.378. The van der Waals surface area contributed by atoms with Crippen molar-refractivity contribution in [2.75, 3.05) is 0 Å². The Morgan fingerprint density at radius 3 is 0.552 bits per heavy atom. The van der Waals surface area contributed by atoms with Crippen molar-refractivity contribution < 1.29 is 87.8 Å². The standard InChI is InChI=1S/C24BF20.C21H21P/c26-5-1(6(27)14(35)21(42)13(5)34)25(2-7(28)15(36)22(43)16(37)8(2)29,3-9(30)17(38)23(44)18(39)10(3)31)4-11(32)19(40)24(45)20(41)12(4)33;1-16-10-4-7-13-19(16)22(20-14-8-5-11-17(20)2)21-15-9-6-12-18(21)3/h;4-15H,1-3H3/q-1;/p+1. The van der Waals surface area contributed by atoms with Crippen LogP contribution >= 0.6 is 7.92 Å². The van der Waals surface area contributed by atoms with E-state index in [1.807, 2.05) is 0 Å². The van der Waals surface area contributed by atoms with Gasteiger partial charge in [-0.15, -0.1) is 21.9 Å². The molecule has 0 saturated carbocycles. The van der Waals surface area contributed by atoms with Crippen molar-refractivity contribution in [3.8, 4) is 0 Å². The molecule has 0 bridgehead atoms. The van der Waals surface area contributed by atoms with Gasteiger partial charge in [0, 0.05) is 0 Å². The number of hydrogen-bond donors (Lipinski definition) is 0. The summed E-state index contributed by atoms with van der Waals surface area (Å²) in [6, 6.07) is 26.5.